The number of nitrogens with zero attached hydrogens (tertiary/aromatic N) is 1. The number of amides is 1. The fourth-order valence-corrected chi connectivity index (χ4v) is 8.23. The van der Waals surface area contributed by atoms with Crippen LogP contribution in [0.3, 0.4) is 0 Å². The molecule has 36 heavy (non-hydrogen) atoms. The quantitative estimate of drug-likeness (QED) is 0.0831. The molecule has 0 aliphatic heterocycles. The fraction of sp³-hybridized carbons (Fsp3) is 0.680. The lowest BCUT2D eigenvalue weighted by Crippen LogP contribution is -2.50. The number of benzene rings is 1. The number of rotatable bonds is 19. The number of hydrogen-bond donors (Lipinski definition) is 2. The van der Waals surface area contributed by atoms with Gasteiger partial charge in [-0.1, -0.05) is 83.2 Å². The van der Waals surface area contributed by atoms with Gasteiger partial charge in [0, 0.05) is 0 Å². The first kappa shape index (κ1) is 32.8. The number of unbranched alkanes of at least 4 members (excludes halogenated alkanes) is 5. The minimum atomic E-state index is -4.95. The van der Waals surface area contributed by atoms with Crippen LogP contribution < -0.4 is 0 Å². The Labute approximate surface area is 224 Å². The Morgan fingerprint density at radius 1 is 0.889 bits per heavy atom. The van der Waals surface area contributed by atoms with Gasteiger partial charge in [0.05, 0.1) is 6.61 Å². The molecule has 0 aromatic heterocycles. The topological polar surface area (TPSA) is 113 Å². The third-order valence-electron chi connectivity index (χ3n) is 5.26. The van der Waals surface area contributed by atoms with Gasteiger partial charge in [0.1, 0.15) is 13.2 Å². The SMILES string of the molecule is CCCCCSC(SCCCCC)(N(CC(=O)OCCCC)C(=O)OCc1ccccc1)P(=O)(O)O. The van der Waals surface area contributed by atoms with Crippen LogP contribution in [0.2, 0.25) is 0 Å². The predicted molar refractivity (Wildman–Crippen MR) is 148 cm³/mol. The molecule has 206 valence electrons. The van der Waals surface area contributed by atoms with Crippen LogP contribution in [0, 0.1) is 0 Å². The largest absolute Gasteiger partial charge is 0.464 e. The van der Waals surface area contributed by atoms with Crippen LogP contribution in [0.25, 0.3) is 0 Å². The van der Waals surface area contributed by atoms with Crippen molar-refractivity contribution in [3.05, 3.63) is 35.9 Å². The summed E-state index contributed by atoms with van der Waals surface area (Å²) in [6.07, 6.45) is 5.65. The summed E-state index contributed by atoms with van der Waals surface area (Å²) in [4.78, 5) is 48.3. The molecule has 0 saturated carbocycles. The summed E-state index contributed by atoms with van der Waals surface area (Å²) >= 11 is 2.04. The molecule has 1 amide bonds. The number of carbonyl (C=O) groups is 2. The van der Waals surface area contributed by atoms with Crippen LogP contribution in [-0.4, -0.2) is 55.4 Å². The smallest absolute Gasteiger partial charge is 0.412 e. The van der Waals surface area contributed by atoms with Gasteiger partial charge in [0.2, 0.25) is 3.94 Å². The van der Waals surface area contributed by atoms with Gasteiger partial charge in [-0.25, -0.2) is 4.79 Å². The Kier molecular flexibility index (Phi) is 16.5. The maximum absolute atomic E-state index is 13.4. The Morgan fingerprint density at radius 3 is 1.94 bits per heavy atom. The first-order valence-electron chi connectivity index (χ1n) is 12.7. The van der Waals surface area contributed by atoms with Gasteiger partial charge < -0.3 is 19.3 Å². The van der Waals surface area contributed by atoms with Crippen LogP contribution in [0.1, 0.15) is 77.7 Å². The zero-order valence-electron chi connectivity index (χ0n) is 21.7. The van der Waals surface area contributed by atoms with Crippen molar-refractivity contribution in [1.29, 1.82) is 0 Å². The summed E-state index contributed by atoms with van der Waals surface area (Å²) < 4.78 is 21.8. The lowest BCUT2D eigenvalue weighted by atomic mass is 10.2. The summed E-state index contributed by atoms with van der Waals surface area (Å²) in [5.74, 6) is 0.126. The molecule has 1 aromatic carbocycles. The standard InChI is InChI=1S/C25H42NO7PS2/c1-4-7-13-18-35-25(34(29,30)31,36-19-14-8-5-2)26(20-23(27)32-17-9-6-3)24(28)33-21-22-15-11-10-12-16-22/h10-12,15-16H,4-9,13-14,17-21H2,1-3H3,(H2,29,30,31). The molecule has 0 fully saturated rings. The third kappa shape index (κ3) is 11.5. The first-order valence-corrected chi connectivity index (χ1v) is 16.3. The monoisotopic (exact) mass is 563 g/mol. The Balaban J connectivity index is 3.31. The Bertz CT molecular complexity index is 795. The molecule has 8 nitrogen and oxygen atoms in total. The van der Waals surface area contributed by atoms with Crippen LogP contribution in [0.5, 0.6) is 0 Å². The molecule has 0 spiro atoms. The molecule has 0 atom stereocenters. The van der Waals surface area contributed by atoms with Crippen molar-refractivity contribution in [3.8, 4) is 0 Å². The molecule has 0 unspecified atom stereocenters. The molecular formula is C25H42NO7PS2. The average molecular weight is 564 g/mol. The molecule has 0 saturated heterocycles. The van der Waals surface area contributed by atoms with Crippen molar-refractivity contribution in [1.82, 2.24) is 4.90 Å². The van der Waals surface area contributed by atoms with E-state index in [2.05, 4.69) is 0 Å². The molecule has 0 heterocycles. The fourth-order valence-electron chi connectivity index (χ4n) is 3.22. The van der Waals surface area contributed by atoms with Crippen molar-refractivity contribution in [3.63, 3.8) is 0 Å². The van der Waals surface area contributed by atoms with Crippen LogP contribution in [0.15, 0.2) is 30.3 Å². The van der Waals surface area contributed by atoms with Gasteiger partial charge in [0.25, 0.3) is 0 Å². The summed E-state index contributed by atoms with van der Waals surface area (Å²) in [6.45, 7) is 5.53. The molecule has 0 aliphatic rings. The van der Waals surface area contributed by atoms with Gasteiger partial charge in [-0.2, -0.15) is 0 Å². The maximum Gasteiger partial charge on any atom is 0.412 e. The van der Waals surface area contributed by atoms with Gasteiger partial charge in [-0.3, -0.25) is 14.3 Å². The average Bonchev–Trinajstić information content (AvgIpc) is 2.85. The summed E-state index contributed by atoms with van der Waals surface area (Å²) in [5.41, 5.74) is 0.726. The van der Waals surface area contributed by atoms with Gasteiger partial charge in [0.15, 0.2) is 0 Å². The van der Waals surface area contributed by atoms with Crippen molar-refractivity contribution < 1.29 is 33.4 Å². The Hall–Kier alpha value is -1.19. The van der Waals surface area contributed by atoms with E-state index >= 15 is 0 Å². The molecule has 1 aromatic rings. The van der Waals surface area contributed by atoms with E-state index in [1.54, 1.807) is 24.3 Å². The van der Waals surface area contributed by atoms with E-state index in [0.717, 1.165) is 78.9 Å². The minimum absolute atomic E-state index is 0.0840. The second-order valence-electron chi connectivity index (χ2n) is 8.40. The molecule has 1 rings (SSSR count). The van der Waals surface area contributed by atoms with E-state index in [-0.39, 0.29) is 13.2 Å². The first-order chi connectivity index (χ1) is 17.2. The van der Waals surface area contributed by atoms with Gasteiger partial charge in [-0.15, -0.1) is 23.5 Å². The highest BCUT2D eigenvalue weighted by atomic mass is 32.2. The normalized spacial score (nSPS) is 11.8. The summed E-state index contributed by atoms with van der Waals surface area (Å²) in [6, 6.07) is 9.01. The number of ether oxygens (including phenoxy) is 2. The van der Waals surface area contributed by atoms with Gasteiger partial charge >= 0.3 is 19.7 Å². The predicted octanol–water partition coefficient (Wildman–Crippen LogP) is 6.60. The highest BCUT2D eigenvalue weighted by Gasteiger charge is 2.56. The zero-order valence-corrected chi connectivity index (χ0v) is 24.3. The third-order valence-corrected chi connectivity index (χ3v) is 11.3. The van der Waals surface area contributed by atoms with E-state index in [4.69, 9.17) is 9.47 Å². The number of hydrogen-bond acceptors (Lipinski definition) is 7. The lowest BCUT2D eigenvalue weighted by Gasteiger charge is -2.41. The molecule has 2 N–H and O–H groups in total. The zero-order chi connectivity index (χ0) is 26.9. The molecule has 0 bridgehead atoms. The number of esters is 1. The molecule has 11 heteroatoms. The van der Waals surface area contributed by atoms with Crippen molar-refractivity contribution >= 4 is 43.2 Å². The van der Waals surface area contributed by atoms with E-state index in [1.807, 2.05) is 26.8 Å². The minimum Gasteiger partial charge on any atom is -0.464 e. The molecule has 0 aliphatic carbocycles. The Morgan fingerprint density at radius 2 is 1.44 bits per heavy atom. The second kappa shape index (κ2) is 18.1. The van der Waals surface area contributed by atoms with E-state index in [1.165, 1.54) is 0 Å². The van der Waals surface area contributed by atoms with E-state index in [0.29, 0.717) is 17.9 Å². The lowest BCUT2D eigenvalue weighted by molar-refractivity contribution is -0.144. The highest BCUT2D eigenvalue weighted by Crippen LogP contribution is 2.65. The number of thioether (sulfide) groups is 2. The molecular weight excluding hydrogens is 521 g/mol. The van der Waals surface area contributed by atoms with E-state index < -0.39 is 30.1 Å². The number of carbonyl (C=O) groups excluding carboxylic acids is 2. The van der Waals surface area contributed by atoms with Crippen LogP contribution in [0.4, 0.5) is 4.79 Å². The van der Waals surface area contributed by atoms with Crippen LogP contribution >= 0.6 is 31.1 Å². The highest BCUT2D eigenvalue weighted by molar-refractivity contribution is 8.24. The maximum atomic E-state index is 13.4. The summed E-state index contributed by atoms with van der Waals surface area (Å²) in [7, 11) is -4.95. The van der Waals surface area contributed by atoms with E-state index in [9.17, 15) is 23.9 Å². The summed E-state index contributed by atoms with van der Waals surface area (Å²) in [5, 5.41) is 0. The van der Waals surface area contributed by atoms with Crippen molar-refractivity contribution in [2.45, 2.75) is 82.7 Å². The van der Waals surface area contributed by atoms with Crippen LogP contribution in [-0.2, 0) is 25.4 Å². The van der Waals surface area contributed by atoms with Crippen molar-refractivity contribution in [2.24, 2.45) is 0 Å². The second-order valence-corrected chi connectivity index (χ2v) is 13.6. The molecule has 0 radical (unpaired) electrons. The van der Waals surface area contributed by atoms with Crippen molar-refractivity contribution in [2.75, 3.05) is 24.7 Å². The van der Waals surface area contributed by atoms with Gasteiger partial charge in [-0.05, 0) is 36.3 Å².